The Morgan fingerprint density at radius 1 is 0.667 bits per heavy atom. The van der Waals surface area contributed by atoms with Gasteiger partial charge in [-0.3, -0.25) is 10.3 Å². The first-order chi connectivity index (χ1) is 22.3. The van der Waals surface area contributed by atoms with Crippen molar-refractivity contribution in [2.24, 2.45) is 0 Å². The molecular weight excluding hydrogens is 599 g/mol. The summed E-state index contributed by atoms with van der Waals surface area (Å²) in [5.41, 5.74) is 12.0. The molecule has 0 amide bonds. The molecule has 0 bridgehead atoms. The summed E-state index contributed by atoms with van der Waals surface area (Å²) in [5, 5.41) is 12.8. The van der Waals surface area contributed by atoms with E-state index in [1.807, 2.05) is 78.2 Å². The quantitative estimate of drug-likeness (QED) is 0.0544. The molecule has 0 spiro atoms. The number of rotatable bonds is 14. The zero-order valence-electron chi connectivity index (χ0n) is 24.5. The van der Waals surface area contributed by atoms with Gasteiger partial charge in [0, 0.05) is 40.0 Å². The molecule has 0 fully saturated rings. The molecule has 9 heteroatoms. The van der Waals surface area contributed by atoms with E-state index in [-0.39, 0.29) is 6.61 Å². The van der Waals surface area contributed by atoms with Crippen molar-refractivity contribution in [2.45, 2.75) is 16.7 Å². The van der Waals surface area contributed by atoms with Crippen LogP contribution in [-0.2, 0) is 4.84 Å². The second kappa shape index (κ2) is 15.5. The van der Waals surface area contributed by atoms with Gasteiger partial charge < -0.3 is 15.1 Å². The van der Waals surface area contributed by atoms with Gasteiger partial charge in [0.2, 0.25) is 0 Å². The zero-order chi connectivity index (χ0) is 30.7. The van der Waals surface area contributed by atoms with Gasteiger partial charge >= 0.3 is 0 Å². The number of aliphatic hydroxyl groups excluding tert-OH is 1. The molecular formula is C36H33N5O2S2. The number of hydroxylamine groups is 1. The summed E-state index contributed by atoms with van der Waals surface area (Å²) < 4.78 is 0. The smallest absolute Gasteiger partial charge is 0.170 e. The van der Waals surface area contributed by atoms with E-state index >= 15 is 0 Å². The number of hydrogen-bond acceptors (Lipinski definition) is 7. The molecule has 0 radical (unpaired) electrons. The number of nitrogens with one attached hydrogen (secondary N) is 3. The molecule has 6 rings (SSSR count). The van der Waals surface area contributed by atoms with E-state index in [2.05, 4.69) is 64.0 Å². The van der Waals surface area contributed by atoms with Gasteiger partial charge in [0.25, 0.3) is 0 Å². The van der Waals surface area contributed by atoms with Crippen molar-refractivity contribution in [1.29, 1.82) is 0 Å². The average molecular weight is 632 g/mol. The Kier molecular flexibility index (Phi) is 10.5. The standard InChI is InChI=1S/C36H33N5O2S2/c42-22-13-23-43-41-30(24-44-35-37-31(26-14-5-1-6-15-26)32(38-35)27-16-7-2-8-17-27)25-45-36-39-33(28-18-9-3-10-19-28)34(40-36)29-20-11-4-12-21-29/h1-12,14-21,24,41-42H,13,22-23,25H2,(H,37,38)(H,39,40). The number of H-pyrrole nitrogens is 2. The van der Waals surface area contributed by atoms with Gasteiger partial charge in [0.1, 0.15) is 0 Å². The topological polar surface area (TPSA) is 98.8 Å². The van der Waals surface area contributed by atoms with Gasteiger partial charge in [-0.05, 0) is 6.42 Å². The van der Waals surface area contributed by atoms with Crippen molar-refractivity contribution in [3.05, 3.63) is 132 Å². The van der Waals surface area contributed by atoms with Gasteiger partial charge in [-0.2, -0.15) is 0 Å². The third-order valence-corrected chi connectivity index (χ3v) is 8.61. The lowest BCUT2D eigenvalue weighted by molar-refractivity contribution is 0.0529. The van der Waals surface area contributed by atoms with Gasteiger partial charge in [-0.25, -0.2) is 9.97 Å². The highest BCUT2D eigenvalue weighted by Crippen LogP contribution is 2.35. The second-order valence-corrected chi connectivity index (χ2v) is 11.9. The van der Waals surface area contributed by atoms with Crippen LogP contribution in [0.4, 0.5) is 0 Å². The van der Waals surface area contributed by atoms with Gasteiger partial charge in [-0.15, -0.1) is 0 Å². The Bertz CT molecular complexity index is 1690. The molecule has 7 nitrogen and oxygen atoms in total. The Morgan fingerprint density at radius 2 is 1.13 bits per heavy atom. The Balaban J connectivity index is 1.25. The predicted octanol–water partition coefficient (Wildman–Crippen LogP) is 8.43. The molecule has 2 aromatic heterocycles. The highest BCUT2D eigenvalue weighted by atomic mass is 32.2. The maximum Gasteiger partial charge on any atom is 0.170 e. The van der Waals surface area contributed by atoms with Crippen LogP contribution < -0.4 is 5.48 Å². The Hall–Kier alpha value is -4.54. The number of aliphatic hydroxyl groups is 1. The zero-order valence-corrected chi connectivity index (χ0v) is 26.2. The van der Waals surface area contributed by atoms with Gasteiger partial charge in [0.15, 0.2) is 10.3 Å². The van der Waals surface area contributed by atoms with Gasteiger partial charge in [0.05, 0.1) is 35.1 Å². The number of nitrogens with zero attached hydrogens (tertiary/aromatic N) is 2. The van der Waals surface area contributed by atoms with Crippen molar-refractivity contribution in [2.75, 3.05) is 19.0 Å². The maximum absolute atomic E-state index is 9.21. The summed E-state index contributed by atoms with van der Waals surface area (Å²) in [7, 11) is 0. The van der Waals surface area contributed by atoms with Gasteiger partial charge in [-0.1, -0.05) is 145 Å². The highest BCUT2D eigenvalue weighted by Gasteiger charge is 2.16. The minimum Gasteiger partial charge on any atom is -0.396 e. The molecule has 4 N–H and O–H groups in total. The van der Waals surface area contributed by atoms with Crippen LogP contribution in [0.25, 0.3) is 45.0 Å². The van der Waals surface area contributed by atoms with Crippen LogP contribution in [0, 0.1) is 0 Å². The molecule has 2 heterocycles. The Morgan fingerprint density at radius 3 is 1.64 bits per heavy atom. The molecule has 0 aliphatic rings. The summed E-state index contributed by atoms with van der Waals surface area (Å²) in [4.78, 5) is 22.7. The van der Waals surface area contributed by atoms with Crippen LogP contribution in [0.3, 0.4) is 0 Å². The van der Waals surface area contributed by atoms with Crippen molar-refractivity contribution in [3.8, 4) is 45.0 Å². The first-order valence-electron chi connectivity index (χ1n) is 14.7. The van der Waals surface area contributed by atoms with E-state index in [4.69, 9.17) is 14.8 Å². The largest absolute Gasteiger partial charge is 0.396 e. The van der Waals surface area contributed by atoms with E-state index < -0.39 is 0 Å². The fourth-order valence-electron chi connectivity index (χ4n) is 4.71. The van der Waals surface area contributed by atoms with Crippen molar-refractivity contribution in [1.82, 2.24) is 25.4 Å². The molecule has 0 unspecified atom stereocenters. The third-order valence-electron chi connectivity index (χ3n) is 6.87. The number of thioether (sulfide) groups is 2. The maximum atomic E-state index is 9.21. The predicted molar refractivity (Wildman–Crippen MR) is 184 cm³/mol. The first-order valence-corrected chi connectivity index (χ1v) is 16.5. The molecule has 0 aliphatic carbocycles. The molecule has 0 aliphatic heterocycles. The average Bonchev–Trinajstić information content (AvgIpc) is 3.74. The third kappa shape index (κ3) is 7.95. The number of hydrogen-bond donors (Lipinski definition) is 4. The monoisotopic (exact) mass is 631 g/mol. The lowest BCUT2D eigenvalue weighted by atomic mass is 10.1. The second-order valence-electron chi connectivity index (χ2n) is 10.1. The molecule has 226 valence electrons. The molecule has 0 saturated carbocycles. The highest BCUT2D eigenvalue weighted by molar-refractivity contribution is 8.02. The van der Waals surface area contributed by atoms with E-state index in [0.29, 0.717) is 18.8 Å². The summed E-state index contributed by atoms with van der Waals surface area (Å²) in [6.45, 7) is 0.454. The van der Waals surface area contributed by atoms with Crippen LogP contribution in [0.5, 0.6) is 0 Å². The molecule has 6 aromatic rings. The fraction of sp³-hybridized carbons (Fsp3) is 0.111. The van der Waals surface area contributed by atoms with E-state index in [1.165, 1.54) is 11.8 Å². The number of aromatic nitrogens is 4. The Labute approximate surface area is 271 Å². The molecule has 0 atom stereocenters. The lowest BCUT2D eigenvalue weighted by Gasteiger charge is -2.10. The molecule has 45 heavy (non-hydrogen) atoms. The van der Waals surface area contributed by atoms with Crippen LogP contribution in [0.15, 0.2) is 143 Å². The summed E-state index contributed by atoms with van der Waals surface area (Å²) in [6.07, 6.45) is 0.540. The number of aromatic amines is 2. The number of benzene rings is 4. The normalized spacial score (nSPS) is 11.5. The van der Waals surface area contributed by atoms with Crippen molar-refractivity contribution in [3.63, 3.8) is 0 Å². The minimum absolute atomic E-state index is 0.0675. The molecule has 4 aromatic carbocycles. The molecule has 0 saturated heterocycles. The minimum atomic E-state index is 0.0675. The van der Waals surface area contributed by atoms with E-state index in [0.717, 1.165) is 61.0 Å². The lowest BCUT2D eigenvalue weighted by Crippen LogP contribution is -2.17. The summed E-state index contributed by atoms with van der Waals surface area (Å²) in [5.74, 6) is 0.569. The van der Waals surface area contributed by atoms with Crippen LogP contribution in [0.2, 0.25) is 0 Å². The SMILES string of the molecule is OCCCONC(=CSc1nc(-c2ccccc2)c(-c2ccccc2)[nH]1)CSc1nc(-c2ccccc2)c(-c2ccccc2)[nH]1. The fourth-order valence-corrected chi connectivity index (χ4v) is 6.27. The van der Waals surface area contributed by atoms with Crippen molar-refractivity contribution >= 4 is 23.5 Å². The van der Waals surface area contributed by atoms with Crippen LogP contribution in [0.1, 0.15) is 6.42 Å². The summed E-state index contributed by atoms with van der Waals surface area (Å²) >= 11 is 3.07. The van der Waals surface area contributed by atoms with Crippen LogP contribution >= 0.6 is 23.5 Å². The van der Waals surface area contributed by atoms with E-state index in [1.54, 1.807) is 11.8 Å². The first kappa shape index (κ1) is 30.5. The van der Waals surface area contributed by atoms with Crippen LogP contribution in [-0.4, -0.2) is 44.0 Å². The van der Waals surface area contributed by atoms with Crippen molar-refractivity contribution < 1.29 is 9.94 Å². The summed E-state index contributed by atoms with van der Waals surface area (Å²) in [6, 6.07) is 40.9. The number of imidazole rings is 2. The van der Waals surface area contributed by atoms with E-state index in [9.17, 15) is 5.11 Å².